The smallest absolute Gasteiger partial charge is 0.137 e. The number of nitrogens with zero attached hydrogens (tertiary/aromatic N) is 2. The number of rotatable bonds is 1. The Morgan fingerprint density at radius 1 is 1.25 bits per heavy atom. The Hall–Kier alpha value is -1.71. The van der Waals surface area contributed by atoms with Crippen molar-refractivity contribution in [2.45, 2.75) is 0 Å². The molecule has 0 spiro atoms. The molecule has 1 heterocycles. The molecule has 0 amide bonds. The number of hydrogen-bond acceptors (Lipinski definition) is 3. The van der Waals surface area contributed by atoms with Crippen LogP contribution in [0.4, 0.5) is 4.39 Å². The summed E-state index contributed by atoms with van der Waals surface area (Å²) in [5.74, 6) is -0.326. The van der Waals surface area contributed by atoms with E-state index in [9.17, 15) is 4.39 Å². The highest BCUT2D eigenvalue weighted by atomic mass is 19.1. The minimum atomic E-state index is -0.326. The molecule has 1 aromatic heterocycles. The predicted molar refractivity (Wildman–Crippen MR) is 39.7 cm³/mol. The van der Waals surface area contributed by atoms with Gasteiger partial charge in [-0.3, -0.25) is 0 Å². The van der Waals surface area contributed by atoms with Crippen molar-refractivity contribution >= 4 is 0 Å². The maximum Gasteiger partial charge on any atom is 0.137 e. The van der Waals surface area contributed by atoms with Crippen molar-refractivity contribution in [3.05, 3.63) is 36.3 Å². The van der Waals surface area contributed by atoms with Crippen LogP contribution in [-0.2, 0) is 0 Å². The molecule has 2 aromatic rings. The van der Waals surface area contributed by atoms with E-state index in [0.29, 0.717) is 11.3 Å². The van der Waals surface area contributed by atoms with Crippen molar-refractivity contribution in [3.8, 4) is 11.3 Å². The Labute approximate surface area is 67.8 Å². The summed E-state index contributed by atoms with van der Waals surface area (Å²) in [6.07, 6.45) is 1.37. The third-order valence-electron chi connectivity index (χ3n) is 1.51. The number of halogens is 1. The summed E-state index contributed by atoms with van der Waals surface area (Å²) in [6, 6.07) is 6.33. The highest BCUT2D eigenvalue weighted by molar-refractivity contribution is 5.57. The fourth-order valence-electron chi connectivity index (χ4n) is 0.952. The summed E-state index contributed by atoms with van der Waals surface area (Å²) in [5, 5.41) is 6.91. The molecular weight excluding hydrogens is 159 g/mol. The molecule has 0 N–H and O–H groups in total. The van der Waals surface area contributed by atoms with E-state index in [1.165, 1.54) is 12.3 Å². The van der Waals surface area contributed by atoms with Gasteiger partial charge in [0.25, 0.3) is 0 Å². The van der Waals surface area contributed by atoms with Gasteiger partial charge in [0, 0.05) is 5.56 Å². The normalized spacial score (nSPS) is 10.1. The lowest BCUT2D eigenvalue weighted by atomic mass is 10.1. The molecule has 0 saturated carbocycles. The van der Waals surface area contributed by atoms with Gasteiger partial charge >= 0.3 is 0 Å². The van der Waals surface area contributed by atoms with E-state index in [1.54, 1.807) is 18.2 Å². The molecule has 1 aromatic carbocycles. The van der Waals surface area contributed by atoms with Gasteiger partial charge in [0.05, 0.1) is 6.20 Å². The second-order valence-corrected chi connectivity index (χ2v) is 2.27. The minimum Gasteiger partial charge on any atom is -0.244 e. The molecule has 4 heteroatoms. The summed E-state index contributed by atoms with van der Waals surface area (Å²) in [7, 11) is 0. The second-order valence-electron chi connectivity index (χ2n) is 2.27. The summed E-state index contributed by atoms with van der Waals surface area (Å²) in [6.45, 7) is 0. The van der Waals surface area contributed by atoms with Gasteiger partial charge in [0.1, 0.15) is 11.5 Å². The molecule has 0 aliphatic heterocycles. The van der Waals surface area contributed by atoms with Crippen LogP contribution in [0.1, 0.15) is 0 Å². The van der Waals surface area contributed by atoms with Crippen molar-refractivity contribution < 1.29 is 9.02 Å². The van der Waals surface area contributed by atoms with Crippen LogP contribution >= 0.6 is 0 Å². The molecule has 0 fully saturated rings. The van der Waals surface area contributed by atoms with Crippen LogP contribution in [0.25, 0.3) is 11.3 Å². The molecule has 2 rings (SSSR count). The average molecular weight is 164 g/mol. The monoisotopic (exact) mass is 164 g/mol. The molecule has 0 bridgehead atoms. The molecule has 0 unspecified atom stereocenters. The van der Waals surface area contributed by atoms with Gasteiger partial charge in [0.2, 0.25) is 0 Å². The average Bonchev–Trinajstić information content (AvgIpc) is 2.57. The molecule has 0 radical (unpaired) electrons. The van der Waals surface area contributed by atoms with Crippen LogP contribution in [0.15, 0.2) is 35.1 Å². The van der Waals surface area contributed by atoms with Crippen molar-refractivity contribution in [1.82, 2.24) is 10.3 Å². The molecule has 0 atom stereocenters. The largest absolute Gasteiger partial charge is 0.244 e. The van der Waals surface area contributed by atoms with Crippen LogP contribution in [0, 0.1) is 5.82 Å². The zero-order chi connectivity index (χ0) is 8.39. The Morgan fingerprint density at radius 3 is 2.75 bits per heavy atom. The molecule has 12 heavy (non-hydrogen) atoms. The lowest BCUT2D eigenvalue weighted by Crippen LogP contribution is -1.81. The number of aromatic nitrogens is 2. The third kappa shape index (κ3) is 1.07. The Balaban J connectivity index is 2.55. The maximum absolute atomic E-state index is 13.0. The van der Waals surface area contributed by atoms with Crippen LogP contribution in [-0.4, -0.2) is 10.3 Å². The van der Waals surface area contributed by atoms with Crippen LogP contribution in [0.3, 0.4) is 0 Å². The van der Waals surface area contributed by atoms with Crippen LogP contribution < -0.4 is 0 Å². The Bertz CT molecular complexity index is 372. The first-order valence-electron chi connectivity index (χ1n) is 3.40. The molecular formula is C8H5FN2O. The van der Waals surface area contributed by atoms with Crippen molar-refractivity contribution in [2.24, 2.45) is 0 Å². The van der Waals surface area contributed by atoms with E-state index in [-0.39, 0.29) is 5.82 Å². The van der Waals surface area contributed by atoms with Crippen LogP contribution in [0.5, 0.6) is 0 Å². The zero-order valence-electron chi connectivity index (χ0n) is 6.07. The van der Waals surface area contributed by atoms with Crippen molar-refractivity contribution in [1.29, 1.82) is 0 Å². The maximum atomic E-state index is 13.0. The van der Waals surface area contributed by atoms with E-state index >= 15 is 0 Å². The van der Waals surface area contributed by atoms with E-state index in [1.807, 2.05) is 0 Å². The van der Waals surface area contributed by atoms with E-state index in [2.05, 4.69) is 14.9 Å². The SMILES string of the molecule is Fc1ccccc1-c1cnon1. The van der Waals surface area contributed by atoms with E-state index < -0.39 is 0 Å². The van der Waals surface area contributed by atoms with Gasteiger partial charge in [-0.2, -0.15) is 0 Å². The van der Waals surface area contributed by atoms with Crippen molar-refractivity contribution in [3.63, 3.8) is 0 Å². The zero-order valence-corrected chi connectivity index (χ0v) is 6.07. The molecule has 0 aliphatic carbocycles. The highest BCUT2D eigenvalue weighted by Gasteiger charge is 2.06. The first kappa shape index (κ1) is 6.97. The highest BCUT2D eigenvalue weighted by Crippen LogP contribution is 2.18. The predicted octanol–water partition coefficient (Wildman–Crippen LogP) is 1.88. The molecule has 60 valence electrons. The van der Waals surface area contributed by atoms with Gasteiger partial charge < -0.3 is 0 Å². The number of hydrogen-bond donors (Lipinski definition) is 0. The third-order valence-corrected chi connectivity index (χ3v) is 1.51. The number of benzene rings is 1. The van der Waals surface area contributed by atoms with Gasteiger partial charge in [0.15, 0.2) is 0 Å². The molecule has 0 aliphatic rings. The topological polar surface area (TPSA) is 38.9 Å². The fraction of sp³-hybridized carbons (Fsp3) is 0. The molecule has 3 nitrogen and oxygen atoms in total. The van der Waals surface area contributed by atoms with Gasteiger partial charge in [-0.1, -0.05) is 17.3 Å². The van der Waals surface area contributed by atoms with Crippen LogP contribution in [0.2, 0.25) is 0 Å². The standard InChI is InChI=1S/C8H5FN2O/c9-7-4-2-1-3-6(7)8-5-10-12-11-8/h1-5H. The summed E-state index contributed by atoms with van der Waals surface area (Å²) in [5.41, 5.74) is 0.812. The van der Waals surface area contributed by atoms with Crippen molar-refractivity contribution in [2.75, 3.05) is 0 Å². The quantitative estimate of drug-likeness (QED) is 0.645. The summed E-state index contributed by atoms with van der Waals surface area (Å²) >= 11 is 0. The van der Waals surface area contributed by atoms with Gasteiger partial charge in [-0.25, -0.2) is 9.02 Å². The fourth-order valence-corrected chi connectivity index (χ4v) is 0.952. The summed E-state index contributed by atoms with van der Waals surface area (Å²) < 4.78 is 17.4. The lowest BCUT2D eigenvalue weighted by molar-refractivity contribution is 0.308. The van der Waals surface area contributed by atoms with Gasteiger partial charge in [-0.05, 0) is 17.3 Å². The Kier molecular flexibility index (Phi) is 1.59. The second kappa shape index (κ2) is 2.73. The Morgan fingerprint density at radius 2 is 2.08 bits per heavy atom. The van der Waals surface area contributed by atoms with E-state index in [4.69, 9.17) is 0 Å². The first-order valence-corrected chi connectivity index (χ1v) is 3.40. The summed E-state index contributed by atoms with van der Waals surface area (Å²) in [4.78, 5) is 0. The first-order chi connectivity index (χ1) is 5.88. The molecule has 0 saturated heterocycles. The van der Waals surface area contributed by atoms with Gasteiger partial charge in [-0.15, -0.1) is 0 Å². The van der Waals surface area contributed by atoms with E-state index in [0.717, 1.165) is 0 Å². The lowest BCUT2D eigenvalue weighted by Gasteiger charge is -1.94. The minimum absolute atomic E-state index is 0.326.